The molecule has 0 aliphatic heterocycles. The van der Waals surface area contributed by atoms with Gasteiger partial charge in [0, 0.05) is 6.42 Å². The molecule has 0 heterocycles. The van der Waals surface area contributed by atoms with Crippen LogP contribution in [0.2, 0.25) is 0 Å². The minimum absolute atomic E-state index is 0.736. The van der Waals surface area contributed by atoms with Crippen LogP contribution in [-0.2, 0) is 0 Å². The van der Waals surface area contributed by atoms with Gasteiger partial charge < -0.3 is 5.32 Å². The van der Waals surface area contributed by atoms with Crippen LogP contribution in [0, 0.1) is 17.8 Å². The van der Waals surface area contributed by atoms with Crippen molar-refractivity contribution in [2.45, 2.75) is 26.7 Å². The molecule has 0 aliphatic rings. The third kappa shape index (κ3) is 5.65. The summed E-state index contributed by atoms with van der Waals surface area (Å²) in [4.78, 5) is 0. The fourth-order valence-corrected chi connectivity index (χ4v) is 0.769. The van der Waals surface area contributed by atoms with Crippen molar-refractivity contribution in [2.24, 2.45) is 5.92 Å². The largest absolute Gasteiger partial charge is 0.320 e. The highest BCUT2D eigenvalue weighted by atomic mass is 14.8. The molecule has 1 unspecified atom stereocenters. The number of hydrogen-bond acceptors (Lipinski definition) is 1. The maximum Gasteiger partial charge on any atom is 0.0115 e. The maximum absolute atomic E-state index is 3.13. The Morgan fingerprint density at radius 2 is 2.20 bits per heavy atom. The molecule has 1 nitrogen and oxygen atoms in total. The molecule has 0 aromatic rings. The average Bonchev–Trinajstić information content (AvgIpc) is 1.97. The molecule has 0 aromatic carbocycles. The monoisotopic (exact) mass is 139 g/mol. The molecule has 58 valence electrons. The lowest BCUT2D eigenvalue weighted by Gasteiger charge is -2.05. The second kappa shape index (κ2) is 6.64. The molecule has 0 radical (unpaired) electrons. The van der Waals surface area contributed by atoms with Crippen LogP contribution in [0.15, 0.2) is 0 Å². The second-order valence-corrected chi connectivity index (χ2v) is 2.63. The SMILES string of the molecule is CC#CCC(C)CCNC. The zero-order valence-corrected chi connectivity index (χ0v) is 7.20. The van der Waals surface area contributed by atoms with E-state index < -0.39 is 0 Å². The fraction of sp³-hybridized carbons (Fsp3) is 0.778. The lowest BCUT2D eigenvalue weighted by Crippen LogP contribution is -2.11. The normalized spacial score (nSPS) is 11.9. The zero-order chi connectivity index (χ0) is 7.82. The number of hydrogen-bond donors (Lipinski definition) is 1. The molecule has 0 aliphatic carbocycles. The van der Waals surface area contributed by atoms with Crippen LogP contribution in [0.5, 0.6) is 0 Å². The molecule has 0 rings (SSSR count). The van der Waals surface area contributed by atoms with Gasteiger partial charge in [0.15, 0.2) is 0 Å². The molecular weight excluding hydrogens is 122 g/mol. The smallest absolute Gasteiger partial charge is 0.0115 e. The average molecular weight is 139 g/mol. The highest BCUT2D eigenvalue weighted by Gasteiger charge is 1.96. The zero-order valence-electron chi connectivity index (χ0n) is 7.20. The van der Waals surface area contributed by atoms with Crippen LogP contribution in [0.25, 0.3) is 0 Å². The first-order valence-electron chi connectivity index (χ1n) is 3.85. The van der Waals surface area contributed by atoms with Crippen molar-refractivity contribution in [3.05, 3.63) is 0 Å². The molecule has 0 saturated heterocycles. The topological polar surface area (TPSA) is 12.0 Å². The van der Waals surface area contributed by atoms with Gasteiger partial charge in [-0.1, -0.05) is 6.92 Å². The van der Waals surface area contributed by atoms with Crippen LogP contribution >= 0.6 is 0 Å². The van der Waals surface area contributed by atoms with Gasteiger partial charge in [0.25, 0.3) is 0 Å². The van der Waals surface area contributed by atoms with Crippen molar-refractivity contribution in [1.29, 1.82) is 0 Å². The van der Waals surface area contributed by atoms with E-state index in [1.807, 2.05) is 14.0 Å². The Kier molecular flexibility index (Phi) is 6.32. The fourth-order valence-electron chi connectivity index (χ4n) is 0.769. The van der Waals surface area contributed by atoms with E-state index in [0.29, 0.717) is 0 Å². The van der Waals surface area contributed by atoms with Gasteiger partial charge in [0.1, 0.15) is 0 Å². The van der Waals surface area contributed by atoms with E-state index in [0.717, 1.165) is 18.9 Å². The van der Waals surface area contributed by atoms with E-state index in [1.54, 1.807) is 0 Å². The minimum Gasteiger partial charge on any atom is -0.320 e. The van der Waals surface area contributed by atoms with Crippen molar-refractivity contribution in [3.8, 4) is 11.8 Å². The quantitative estimate of drug-likeness (QED) is 0.584. The summed E-state index contributed by atoms with van der Waals surface area (Å²) in [5.41, 5.74) is 0. The Bertz CT molecular complexity index is 118. The van der Waals surface area contributed by atoms with Crippen LogP contribution in [0.1, 0.15) is 26.7 Å². The first kappa shape index (κ1) is 9.52. The van der Waals surface area contributed by atoms with Crippen LogP contribution < -0.4 is 5.32 Å². The Hall–Kier alpha value is -0.480. The van der Waals surface area contributed by atoms with E-state index in [1.165, 1.54) is 6.42 Å². The molecule has 0 aromatic heterocycles. The third-order valence-corrected chi connectivity index (χ3v) is 1.51. The minimum atomic E-state index is 0.736. The molecule has 0 fully saturated rings. The Morgan fingerprint density at radius 3 is 2.70 bits per heavy atom. The van der Waals surface area contributed by atoms with Gasteiger partial charge >= 0.3 is 0 Å². The highest BCUT2D eigenvalue weighted by molar-refractivity contribution is 4.95. The van der Waals surface area contributed by atoms with Gasteiger partial charge in [-0.15, -0.1) is 11.8 Å². The summed E-state index contributed by atoms with van der Waals surface area (Å²) >= 11 is 0. The van der Waals surface area contributed by atoms with Gasteiger partial charge in [-0.25, -0.2) is 0 Å². The maximum atomic E-state index is 3.13. The van der Waals surface area contributed by atoms with Gasteiger partial charge in [0.05, 0.1) is 0 Å². The lowest BCUT2D eigenvalue weighted by atomic mass is 10.0. The summed E-state index contributed by atoms with van der Waals surface area (Å²) in [5, 5.41) is 3.13. The van der Waals surface area contributed by atoms with Gasteiger partial charge in [-0.2, -0.15) is 0 Å². The van der Waals surface area contributed by atoms with Crippen molar-refractivity contribution >= 4 is 0 Å². The predicted octanol–water partition coefficient (Wildman–Crippen LogP) is 1.65. The summed E-state index contributed by atoms with van der Waals surface area (Å²) in [6, 6.07) is 0. The summed E-state index contributed by atoms with van der Waals surface area (Å²) in [5.74, 6) is 6.72. The Balaban J connectivity index is 3.21. The first-order valence-corrected chi connectivity index (χ1v) is 3.85. The van der Waals surface area contributed by atoms with Crippen molar-refractivity contribution in [3.63, 3.8) is 0 Å². The summed E-state index contributed by atoms with van der Waals surface area (Å²) in [7, 11) is 1.98. The van der Waals surface area contributed by atoms with Gasteiger partial charge in [-0.3, -0.25) is 0 Å². The molecule has 1 heteroatoms. The standard InChI is InChI=1S/C9H17N/c1-4-5-6-9(2)7-8-10-3/h9-10H,6-8H2,1-3H3. The highest BCUT2D eigenvalue weighted by Crippen LogP contribution is 2.03. The van der Waals surface area contributed by atoms with E-state index in [2.05, 4.69) is 24.1 Å². The lowest BCUT2D eigenvalue weighted by molar-refractivity contribution is 0.530. The summed E-state index contributed by atoms with van der Waals surface area (Å²) < 4.78 is 0. The van der Waals surface area contributed by atoms with Crippen molar-refractivity contribution in [1.82, 2.24) is 5.32 Å². The molecule has 0 spiro atoms. The van der Waals surface area contributed by atoms with E-state index >= 15 is 0 Å². The number of nitrogens with one attached hydrogen (secondary N) is 1. The Labute approximate surface area is 64.2 Å². The second-order valence-electron chi connectivity index (χ2n) is 2.63. The van der Waals surface area contributed by atoms with Crippen LogP contribution in [-0.4, -0.2) is 13.6 Å². The van der Waals surface area contributed by atoms with Gasteiger partial charge in [0.2, 0.25) is 0 Å². The van der Waals surface area contributed by atoms with Crippen molar-refractivity contribution in [2.75, 3.05) is 13.6 Å². The van der Waals surface area contributed by atoms with E-state index in [-0.39, 0.29) is 0 Å². The van der Waals surface area contributed by atoms with Crippen molar-refractivity contribution < 1.29 is 0 Å². The molecule has 10 heavy (non-hydrogen) atoms. The van der Waals surface area contributed by atoms with E-state index in [9.17, 15) is 0 Å². The first-order chi connectivity index (χ1) is 4.81. The van der Waals surface area contributed by atoms with E-state index in [4.69, 9.17) is 0 Å². The number of rotatable bonds is 4. The van der Waals surface area contributed by atoms with Gasteiger partial charge in [-0.05, 0) is 32.9 Å². The predicted molar refractivity (Wildman–Crippen MR) is 45.8 cm³/mol. The summed E-state index contributed by atoms with van der Waals surface area (Å²) in [6.45, 7) is 5.24. The molecule has 0 saturated carbocycles. The Morgan fingerprint density at radius 1 is 1.50 bits per heavy atom. The molecular formula is C9H17N. The summed E-state index contributed by atoms with van der Waals surface area (Å²) in [6.07, 6.45) is 2.27. The molecule has 0 amide bonds. The van der Waals surface area contributed by atoms with Crippen LogP contribution in [0.3, 0.4) is 0 Å². The molecule has 1 N–H and O–H groups in total. The molecule has 1 atom stereocenters. The third-order valence-electron chi connectivity index (χ3n) is 1.51. The van der Waals surface area contributed by atoms with Crippen LogP contribution in [0.4, 0.5) is 0 Å². The molecule has 0 bridgehead atoms.